The largest absolute Gasteiger partial charge is 0.377 e. The Morgan fingerprint density at radius 3 is 2.77 bits per heavy atom. The second-order valence-corrected chi connectivity index (χ2v) is 6.83. The monoisotopic (exact) mass is 324 g/mol. The van der Waals surface area contributed by atoms with Crippen LogP contribution >= 0.6 is 12.4 Å². The first-order valence-electron chi connectivity index (χ1n) is 7.71. The molecule has 0 aromatic heterocycles. The van der Waals surface area contributed by atoms with Gasteiger partial charge in [0.2, 0.25) is 5.91 Å². The number of fused-ring (bicyclic) bond motifs is 1. The number of nitrogens with two attached hydrogens (primary N) is 1. The van der Waals surface area contributed by atoms with Crippen molar-refractivity contribution in [1.29, 1.82) is 0 Å². The highest BCUT2D eigenvalue weighted by Crippen LogP contribution is 2.52. The van der Waals surface area contributed by atoms with E-state index in [0.29, 0.717) is 18.4 Å². The van der Waals surface area contributed by atoms with Gasteiger partial charge in [-0.3, -0.25) is 4.79 Å². The predicted octanol–water partition coefficient (Wildman–Crippen LogP) is 2.43. The molecule has 4 nitrogen and oxygen atoms in total. The summed E-state index contributed by atoms with van der Waals surface area (Å²) in [6, 6.07) is 9.74. The number of halogens is 1. The van der Waals surface area contributed by atoms with E-state index in [0.717, 1.165) is 18.6 Å². The fraction of sp³-hybridized carbons (Fsp3) is 0.588. The summed E-state index contributed by atoms with van der Waals surface area (Å²) in [6.45, 7) is 5.15. The zero-order chi connectivity index (χ0) is 15.0. The summed E-state index contributed by atoms with van der Waals surface area (Å²) >= 11 is 0. The Morgan fingerprint density at radius 2 is 2.09 bits per heavy atom. The molecule has 3 N–H and O–H groups in total. The van der Waals surface area contributed by atoms with Crippen LogP contribution in [0.4, 0.5) is 0 Å². The topological polar surface area (TPSA) is 64.4 Å². The molecule has 0 bridgehead atoms. The summed E-state index contributed by atoms with van der Waals surface area (Å²) in [4.78, 5) is 12.3. The first-order valence-corrected chi connectivity index (χ1v) is 7.71. The zero-order valence-electron chi connectivity index (χ0n) is 13.1. The summed E-state index contributed by atoms with van der Waals surface area (Å²) in [5, 5.41) is 3.18. The van der Waals surface area contributed by atoms with Crippen LogP contribution in [0.1, 0.15) is 38.3 Å². The number of nitrogens with one attached hydrogen (secondary N) is 1. The van der Waals surface area contributed by atoms with Crippen molar-refractivity contribution in [2.24, 2.45) is 17.1 Å². The van der Waals surface area contributed by atoms with Crippen molar-refractivity contribution in [3.8, 4) is 0 Å². The lowest BCUT2D eigenvalue weighted by Crippen LogP contribution is -2.66. The smallest absolute Gasteiger partial charge is 0.222 e. The maximum atomic E-state index is 12.3. The van der Waals surface area contributed by atoms with E-state index in [4.69, 9.17) is 10.5 Å². The Labute approximate surface area is 138 Å². The fourth-order valence-corrected chi connectivity index (χ4v) is 3.87. The Bertz CT molecular complexity index is 521. The maximum Gasteiger partial charge on any atom is 0.222 e. The molecule has 1 aromatic rings. The van der Waals surface area contributed by atoms with Gasteiger partial charge in [-0.2, -0.15) is 0 Å². The molecule has 5 heteroatoms. The molecule has 1 amide bonds. The standard InChI is InChI=1S/C17H24N2O2.ClH/c1-17(2)15(12-8-9-21-16(12)17)19-14(20)10-13(18)11-6-4-3-5-7-11;/h3-7,12-13,15-16H,8-10,18H2,1-2H3,(H,19,20);1H. The van der Waals surface area contributed by atoms with Crippen LogP contribution in [0.2, 0.25) is 0 Å². The van der Waals surface area contributed by atoms with E-state index in [1.54, 1.807) is 0 Å². The molecule has 3 rings (SSSR count). The molecule has 1 saturated carbocycles. The third-order valence-corrected chi connectivity index (χ3v) is 5.05. The van der Waals surface area contributed by atoms with E-state index in [1.165, 1.54) is 0 Å². The number of ether oxygens (including phenoxy) is 1. The summed E-state index contributed by atoms with van der Waals surface area (Å²) < 4.78 is 5.75. The number of amides is 1. The number of carbonyl (C=O) groups excluding carboxylic acids is 1. The molecule has 1 saturated heterocycles. The molecule has 122 valence electrons. The van der Waals surface area contributed by atoms with Crippen molar-refractivity contribution in [2.75, 3.05) is 6.61 Å². The van der Waals surface area contributed by atoms with E-state index in [2.05, 4.69) is 19.2 Å². The molecular formula is C17H25ClN2O2. The summed E-state index contributed by atoms with van der Waals surface area (Å²) in [5.41, 5.74) is 7.14. The molecule has 2 fully saturated rings. The van der Waals surface area contributed by atoms with E-state index in [1.807, 2.05) is 30.3 Å². The molecule has 4 atom stereocenters. The van der Waals surface area contributed by atoms with Gasteiger partial charge in [0.05, 0.1) is 6.10 Å². The van der Waals surface area contributed by atoms with Crippen LogP contribution in [0.5, 0.6) is 0 Å². The minimum Gasteiger partial charge on any atom is -0.377 e. The van der Waals surface area contributed by atoms with Gasteiger partial charge in [-0.1, -0.05) is 44.2 Å². The van der Waals surface area contributed by atoms with E-state index in [-0.39, 0.29) is 35.8 Å². The Balaban J connectivity index is 0.00000176. The van der Waals surface area contributed by atoms with Crippen molar-refractivity contribution in [3.05, 3.63) is 35.9 Å². The van der Waals surface area contributed by atoms with Crippen LogP contribution in [-0.4, -0.2) is 24.7 Å². The van der Waals surface area contributed by atoms with Gasteiger partial charge in [0, 0.05) is 36.4 Å². The molecule has 1 aliphatic heterocycles. The summed E-state index contributed by atoms with van der Waals surface area (Å²) in [7, 11) is 0. The van der Waals surface area contributed by atoms with Crippen molar-refractivity contribution < 1.29 is 9.53 Å². The maximum absolute atomic E-state index is 12.3. The highest BCUT2D eigenvalue weighted by Gasteiger charge is 2.59. The first kappa shape index (κ1) is 17.3. The highest BCUT2D eigenvalue weighted by molar-refractivity contribution is 5.85. The van der Waals surface area contributed by atoms with Crippen molar-refractivity contribution >= 4 is 18.3 Å². The van der Waals surface area contributed by atoms with Gasteiger partial charge in [-0.25, -0.2) is 0 Å². The Hall–Kier alpha value is -1.10. The molecule has 0 spiro atoms. The lowest BCUT2D eigenvalue weighted by Gasteiger charge is -2.54. The lowest BCUT2D eigenvalue weighted by atomic mass is 9.57. The first-order chi connectivity index (χ1) is 10.00. The Morgan fingerprint density at radius 1 is 1.41 bits per heavy atom. The second-order valence-electron chi connectivity index (χ2n) is 6.83. The van der Waals surface area contributed by atoms with Crippen LogP contribution in [0, 0.1) is 11.3 Å². The van der Waals surface area contributed by atoms with Gasteiger partial charge in [0.1, 0.15) is 0 Å². The minimum atomic E-state index is -0.245. The zero-order valence-corrected chi connectivity index (χ0v) is 13.9. The van der Waals surface area contributed by atoms with Gasteiger partial charge >= 0.3 is 0 Å². The normalized spacial score (nSPS) is 29.7. The molecule has 2 aliphatic rings. The quantitative estimate of drug-likeness (QED) is 0.894. The molecule has 0 radical (unpaired) electrons. The van der Waals surface area contributed by atoms with Crippen LogP contribution in [0.25, 0.3) is 0 Å². The molecule has 1 aliphatic carbocycles. The molecule has 4 unspecified atom stereocenters. The van der Waals surface area contributed by atoms with Crippen LogP contribution in [0.15, 0.2) is 30.3 Å². The molecule has 1 aromatic carbocycles. The molecule has 22 heavy (non-hydrogen) atoms. The van der Waals surface area contributed by atoms with Gasteiger partial charge in [0.15, 0.2) is 0 Å². The third-order valence-electron chi connectivity index (χ3n) is 5.05. The number of rotatable bonds is 4. The Kier molecular flexibility index (Phi) is 5.15. The lowest BCUT2D eigenvalue weighted by molar-refractivity contribution is -0.138. The van der Waals surface area contributed by atoms with Crippen molar-refractivity contribution in [3.63, 3.8) is 0 Å². The average Bonchev–Trinajstić information content (AvgIpc) is 2.93. The van der Waals surface area contributed by atoms with Crippen molar-refractivity contribution in [1.82, 2.24) is 5.32 Å². The fourth-order valence-electron chi connectivity index (χ4n) is 3.87. The molecule has 1 heterocycles. The van der Waals surface area contributed by atoms with Gasteiger partial charge in [-0.15, -0.1) is 12.4 Å². The van der Waals surface area contributed by atoms with Crippen LogP contribution in [-0.2, 0) is 9.53 Å². The third kappa shape index (κ3) is 3.00. The summed E-state index contributed by atoms with van der Waals surface area (Å²) in [5.74, 6) is 0.506. The predicted molar refractivity (Wildman–Crippen MR) is 88.8 cm³/mol. The molecular weight excluding hydrogens is 300 g/mol. The second kappa shape index (κ2) is 6.57. The number of benzene rings is 1. The SMILES string of the molecule is CC1(C)C(NC(=O)CC(N)c2ccccc2)C2CCOC21.Cl. The van der Waals surface area contributed by atoms with Gasteiger partial charge in [0.25, 0.3) is 0 Å². The van der Waals surface area contributed by atoms with Crippen molar-refractivity contribution in [2.45, 2.75) is 44.9 Å². The number of carbonyl (C=O) groups is 1. The van der Waals surface area contributed by atoms with E-state index < -0.39 is 0 Å². The van der Waals surface area contributed by atoms with Gasteiger partial charge < -0.3 is 15.8 Å². The number of hydrogen-bond donors (Lipinski definition) is 2. The van der Waals surface area contributed by atoms with Crippen LogP contribution in [0.3, 0.4) is 0 Å². The van der Waals surface area contributed by atoms with E-state index in [9.17, 15) is 4.79 Å². The minimum absolute atomic E-state index is 0. The van der Waals surface area contributed by atoms with E-state index >= 15 is 0 Å². The van der Waals surface area contributed by atoms with Gasteiger partial charge in [-0.05, 0) is 12.0 Å². The average molecular weight is 325 g/mol. The highest BCUT2D eigenvalue weighted by atomic mass is 35.5. The summed E-state index contributed by atoms with van der Waals surface area (Å²) in [6.07, 6.45) is 1.67. The van der Waals surface area contributed by atoms with Crippen LogP contribution < -0.4 is 11.1 Å². The number of hydrogen-bond acceptors (Lipinski definition) is 3.